The molecule has 1 aromatic rings. The van der Waals surface area contributed by atoms with Crippen molar-refractivity contribution in [3.63, 3.8) is 0 Å². The Hall–Kier alpha value is -0.870. The van der Waals surface area contributed by atoms with E-state index < -0.39 is 10.0 Å². The molecule has 2 aliphatic carbocycles. The zero-order valence-corrected chi connectivity index (χ0v) is 13.0. The molecular weight excluding hydrogens is 270 g/mol. The topological polar surface area (TPSA) is 46.2 Å². The van der Waals surface area contributed by atoms with Crippen molar-refractivity contribution >= 4 is 10.0 Å². The van der Waals surface area contributed by atoms with Crippen molar-refractivity contribution in [1.29, 1.82) is 0 Å². The lowest BCUT2D eigenvalue weighted by Gasteiger charge is -2.28. The molecule has 0 aromatic heterocycles. The molecule has 2 aliphatic rings. The maximum absolute atomic E-state index is 12.4. The Morgan fingerprint density at radius 3 is 2.40 bits per heavy atom. The van der Waals surface area contributed by atoms with Crippen molar-refractivity contribution in [2.75, 3.05) is 0 Å². The summed E-state index contributed by atoms with van der Waals surface area (Å²) < 4.78 is 27.7. The van der Waals surface area contributed by atoms with Gasteiger partial charge in [0.25, 0.3) is 0 Å². The number of rotatable bonds is 4. The lowest BCUT2D eigenvalue weighted by molar-refractivity contribution is 0.280. The van der Waals surface area contributed by atoms with Gasteiger partial charge in [-0.2, -0.15) is 0 Å². The van der Waals surface area contributed by atoms with E-state index in [1.54, 1.807) is 12.1 Å². The van der Waals surface area contributed by atoms with E-state index in [0.717, 1.165) is 17.4 Å². The molecule has 4 heteroatoms. The highest BCUT2D eigenvalue weighted by atomic mass is 32.2. The molecule has 0 unspecified atom stereocenters. The van der Waals surface area contributed by atoms with Gasteiger partial charge in [0.05, 0.1) is 4.90 Å². The Morgan fingerprint density at radius 1 is 1.15 bits per heavy atom. The second kappa shape index (κ2) is 5.15. The van der Waals surface area contributed by atoms with E-state index in [2.05, 4.69) is 4.72 Å². The lowest BCUT2D eigenvalue weighted by atomic mass is 9.84. The van der Waals surface area contributed by atoms with Crippen LogP contribution < -0.4 is 4.72 Å². The maximum atomic E-state index is 12.4. The molecule has 110 valence electrons. The fourth-order valence-corrected chi connectivity index (χ4v) is 5.32. The summed E-state index contributed by atoms with van der Waals surface area (Å²) in [6.45, 7) is 3.98. The van der Waals surface area contributed by atoms with Gasteiger partial charge in [-0.05, 0) is 63.0 Å². The van der Waals surface area contributed by atoms with Gasteiger partial charge in [0.2, 0.25) is 10.0 Å². The molecule has 2 bridgehead atoms. The van der Waals surface area contributed by atoms with Crippen LogP contribution in [-0.4, -0.2) is 14.5 Å². The number of hydrogen-bond acceptors (Lipinski definition) is 2. The van der Waals surface area contributed by atoms with E-state index in [4.69, 9.17) is 0 Å². The summed E-state index contributed by atoms with van der Waals surface area (Å²) in [7, 11) is -3.38. The standard InChI is InChI=1S/C16H23NO2S/c1-11-3-7-15(8-4-11)20(18,19)17-12(2)16-10-13-5-6-14(16)9-13/h3-4,7-8,12-14,16-17H,5-6,9-10H2,1-2H3/t12-,13-,14-,16+/m1/s1. The number of hydrogen-bond donors (Lipinski definition) is 1. The van der Waals surface area contributed by atoms with Crippen LogP contribution in [0, 0.1) is 24.7 Å². The minimum Gasteiger partial charge on any atom is -0.208 e. The fourth-order valence-electron chi connectivity index (χ4n) is 4.02. The van der Waals surface area contributed by atoms with Crippen molar-refractivity contribution in [3.8, 4) is 0 Å². The van der Waals surface area contributed by atoms with Crippen LogP contribution in [0.5, 0.6) is 0 Å². The summed E-state index contributed by atoms with van der Waals surface area (Å²) in [6.07, 6.45) is 5.13. The third-order valence-corrected chi connectivity index (χ3v) is 6.68. The van der Waals surface area contributed by atoms with E-state index in [0.29, 0.717) is 10.8 Å². The highest BCUT2D eigenvalue weighted by Gasteiger charge is 2.42. The number of aryl methyl sites for hydroxylation is 1. The molecule has 1 N–H and O–H groups in total. The number of benzene rings is 1. The second-order valence-electron chi connectivity index (χ2n) is 6.56. The molecule has 2 fully saturated rings. The number of nitrogens with one attached hydrogen (secondary N) is 1. The molecule has 4 atom stereocenters. The first-order valence-corrected chi connectivity index (χ1v) is 9.03. The predicted octanol–water partition coefficient (Wildman–Crippen LogP) is 3.10. The van der Waals surface area contributed by atoms with Gasteiger partial charge in [0, 0.05) is 6.04 Å². The minimum absolute atomic E-state index is 0.0385. The maximum Gasteiger partial charge on any atom is 0.240 e. The fraction of sp³-hybridized carbons (Fsp3) is 0.625. The van der Waals surface area contributed by atoms with Gasteiger partial charge in [-0.1, -0.05) is 24.1 Å². The zero-order chi connectivity index (χ0) is 14.3. The van der Waals surface area contributed by atoms with Gasteiger partial charge in [0.1, 0.15) is 0 Å². The van der Waals surface area contributed by atoms with Crippen molar-refractivity contribution < 1.29 is 8.42 Å². The van der Waals surface area contributed by atoms with Crippen LogP contribution >= 0.6 is 0 Å². The average Bonchev–Trinajstić information content (AvgIpc) is 3.01. The van der Waals surface area contributed by atoms with Crippen molar-refractivity contribution in [3.05, 3.63) is 29.8 Å². The summed E-state index contributed by atoms with van der Waals surface area (Å²) in [5, 5.41) is 0. The first kappa shape index (κ1) is 14.1. The second-order valence-corrected chi connectivity index (χ2v) is 8.28. The zero-order valence-electron chi connectivity index (χ0n) is 12.2. The smallest absolute Gasteiger partial charge is 0.208 e. The van der Waals surface area contributed by atoms with Crippen molar-refractivity contribution in [1.82, 2.24) is 4.72 Å². The summed E-state index contributed by atoms with van der Waals surface area (Å²) in [5.41, 5.74) is 1.07. The summed E-state index contributed by atoms with van der Waals surface area (Å²) in [5.74, 6) is 2.10. The molecule has 0 saturated heterocycles. The Balaban J connectivity index is 1.71. The molecule has 3 nitrogen and oxygen atoms in total. The monoisotopic (exact) mass is 293 g/mol. The van der Waals surface area contributed by atoms with Gasteiger partial charge in [0.15, 0.2) is 0 Å². The highest BCUT2D eigenvalue weighted by Crippen LogP contribution is 2.49. The molecule has 0 heterocycles. The van der Waals surface area contributed by atoms with E-state index >= 15 is 0 Å². The average molecular weight is 293 g/mol. The van der Waals surface area contributed by atoms with Crippen LogP contribution in [0.2, 0.25) is 0 Å². The molecule has 0 aliphatic heterocycles. The Kier molecular flexibility index (Phi) is 3.63. The Morgan fingerprint density at radius 2 is 1.85 bits per heavy atom. The third-order valence-electron chi connectivity index (χ3n) is 5.11. The normalized spacial score (nSPS) is 30.6. The number of sulfonamides is 1. The SMILES string of the molecule is Cc1ccc(S(=O)(=O)N[C@H](C)[C@@H]2C[C@@H]3CC[C@@H]2C3)cc1. The van der Waals surface area contributed by atoms with Crippen LogP contribution in [0.25, 0.3) is 0 Å². The van der Waals surface area contributed by atoms with E-state index in [1.165, 1.54) is 25.7 Å². The van der Waals surface area contributed by atoms with E-state index in [9.17, 15) is 8.42 Å². The molecule has 1 aromatic carbocycles. The summed E-state index contributed by atoms with van der Waals surface area (Å²) in [6, 6.07) is 7.10. The van der Waals surface area contributed by atoms with Crippen LogP contribution in [0.3, 0.4) is 0 Å². The molecular formula is C16H23NO2S. The molecule has 3 rings (SSSR count). The quantitative estimate of drug-likeness (QED) is 0.927. The first-order valence-electron chi connectivity index (χ1n) is 7.55. The summed E-state index contributed by atoms with van der Waals surface area (Å²) >= 11 is 0. The largest absolute Gasteiger partial charge is 0.240 e. The van der Waals surface area contributed by atoms with Crippen molar-refractivity contribution in [2.24, 2.45) is 17.8 Å². The molecule has 20 heavy (non-hydrogen) atoms. The highest BCUT2D eigenvalue weighted by molar-refractivity contribution is 7.89. The lowest BCUT2D eigenvalue weighted by Crippen LogP contribution is -2.40. The molecule has 0 amide bonds. The molecule has 0 spiro atoms. The van der Waals surface area contributed by atoms with E-state index in [-0.39, 0.29) is 6.04 Å². The van der Waals surface area contributed by atoms with Gasteiger partial charge in [-0.15, -0.1) is 0 Å². The third kappa shape index (κ3) is 2.63. The molecule has 2 saturated carbocycles. The van der Waals surface area contributed by atoms with Gasteiger partial charge >= 0.3 is 0 Å². The van der Waals surface area contributed by atoms with Gasteiger partial charge in [-0.3, -0.25) is 0 Å². The number of fused-ring (bicyclic) bond motifs is 2. The van der Waals surface area contributed by atoms with E-state index in [1.807, 2.05) is 26.0 Å². The predicted molar refractivity (Wildman–Crippen MR) is 79.9 cm³/mol. The van der Waals surface area contributed by atoms with Gasteiger partial charge in [-0.25, -0.2) is 13.1 Å². The Bertz CT molecular complexity index is 579. The van der Waals surface area contributed by atoms with Crippen LogP contribution in [0.1, 0.15) is 38.2 Å². The minimum atomic E-state index is -3.38. The van der Waals surface area contributed by atoms with Crippen LogP contribution in [0.4, 0.5) is 0 Å². The van der Waals surface area contributed by atoms with Crippen molar-refractivity contribution in [2.45, 2.75) is 50.5 Å². The first-order chi connectivity index (χ1) is 9.45. The summed E-state index contributed by atoms with van der Waals surface area (Å²) in [4.78, 5) is 0.373. The Labute approximate surface area is 121 Å². The van der Waals surface area contributed by atoms with Crippen LogP contribution in [-0.2, 0) is 10.0 Å². The van der Waals surface area contributed by atoms with Crippen LogP contribution in [0.15, 0.2) is 29.2 Å². The molecule has 0 radical (unpaired) electrons. The van der Waals surface area contributed by atoms with Gasteiger partial charge < -0.3 is 0 Å².